The van der Waals surface area contributed by atoms with Crippen LogP contribution in [0.25, 0.3) is 0 Å². The maximum Gasteiger partial charge on any atom is 0.472 e. The molecule has 0 radical (unpaired) electrons. The molecule has 0 fully saturated rings. The first-order valence-corrected chi connectivity index (χ1v) is 27.4. The van der Waals surface area contributed by atoms with Gasteiger partial charge < -0.3 is 19.8 Å². The Morgan fingerprint density at radius 3 is 1.31 bits per heavy atom. The van der Waals surface area contributed by atoms with E-state index in [4.69, 9.17) is 9.05 Å². The summed E-state index contributed by atoms with van der Waals surface area (Å²) >= 11 is 0. The number of amides is 1. The van der Waals surface area contributed by atoms with Gasteiger partial charge in [-0.25, -0.2) is 4.57 Å². The molecule has 0 rings (SSSR count). The third kappa shape index (κ3) is 46.5. The molecule has 9 heteroatoms. The van der Waals surface area contributed by atoms with E-state index in [2.05, 4.69) is 43.5 Å². The monoisotopic (exact) mass is 882 g/mol. The van der Waals surface area contributed by atoms with Crippen LogP contribution in [0.4, 0.5) is 0 Å². The van der Waals surface area contributed by atoms with Crippen LogP contribution in [0.3, 0.4) is 0 Å². The van der Waals surface area contributed by atoms with Gasteiger partial charge in [0.25, 0.3) is 0 Å². The van der Waals surface area contributed by atoms with Crippen molar-refractivity contribution < 1.29 is 32.9 Å². The van der Waals surface area contributed by atoms with Crippen LogP contribution in [0.5, 0.6) is 0 Å². The lowest BCUT2D eigenvalue weighted by molar-refractivity contribution is -0.870. The molecule has 3 atom stereocenters. The molecule has 1 amide bonds. The zero-order chi connectivity index (χ0) is 45.0. The molecular weight excluding hydrogens is 780 g/mol. The van der Waals surface area contributed by atoms with Crippen LogP contribution in [0.1, 0.15) is 239 Å². The number of allylic oxidation sites excluding steroid dienone is 5. The van der Waals surface area contributed by atoms with Crippen molar-refractivity contribution in [1.82, 2.24) is 5.32 Å². The van der Waals surface area contributed by atoms with Crippen molar-refractivity contribution in [1.29, 1.82) is 0 Å². The van der Waals surface area contributed by atoms with Gasteiger partial charge in [-0.2, -0.15) is 0 Å². The summed E-state index contributed by atoms with van der Waals surface area (Å²) in [6, 6.07) is -0.866. The highest BCUT2D eigenvalue weighted by atomic mass is 31.2. The number of aliphatic hydroxyl groups excluding tert-OH is 1. The Bertz CT molecular complexity index is 1090. The number of hydrogen-bond donors (Lipinski definition) is 3. The number of nitrogens with one attached hydrogen (secondary N) is 1. The van der Waals surface area contributed by atoms with Crippen LogP contribution in [0.2, 0.25) is 0 Å². The van der Waals surface area contributed by atoms with Crippen LogP contribution < -0.4 is 5.32 Å². The SMILES string of the molecule is CCCCCCCCCCCCCCCCCCCC/C=C/CC/C=C/CC/C=C/C(O)C(COP(=O)(O)OCC[N+](C)(C)C)NC(=O)CCCCCCCCCCCCC. The number of quaternary nitrogens is 1. The Hall–Kier alpha value is -1.28. The van der Waals surface area contributed by atoms with E-state index < -0.39 is 20.0 Å². The minimum atomic E-state index is -4.35. The van der Waals surface area contributed by atoms with E-state index in [9.17, 15) is 19.4 Å². The van der Waals surface area contributed by atoms with Crippen molar-refractivity contribution in [2.75, 3.05) is 40.9 Å². The molecule has 0 heterocycles. The second kappa shape index (κ2) is 43.9. The van der Waals surface area contributed by atoms with Gasteiger partial charge >= 0.3 is 7.82 Å². The third-order valence-corrected chi connectivity index (χ3v) is 12.6. The van der Waals surface area contributed by atoms with E-state index in [1.807, 2.05) is 27.2 Å². The highest BCUT2D eigenvalue weighted by molar-refractivity contribution is 7.47. The summed E-state index contributed by atoms with van der Waals surface area (Å²) in [5.41, 5.74) is 0. The van der Waals surface area contributed by atoms with E-state index in [0.29, 0.717) is 17.4 Å². The van der Waals surface area contributed by atoms with Gasteiger partial charge in [0, 0.05) is 6.42 Å². The second-order valence-electron chi connectivity index (χ2n) is 18.9. The smallest absolute Gasteiger partial charge is 0.387 e. The van der Waals surface area contributed by atoms with Gasteiger partial charge in [-0.1, -0.05) is 224 Å². The summed E-state index contributed by atoms with van der Waals surface area (Å²) in [5.74, 6) is -0.192. The predicted octanol–water partition coefficient (Wildman–Crippen LogP) is 15.0. The predicted molar refractivity (Wildman–Crippen MR) is 263 cm³/mol. The van der Waals surface area contributed by atoms with Gasteiger partial charge in [0.2, 0.25) is 5.91 Å². The molecule has 0 aliphatic heterocycles. The first kappa shape index (κ1) is 59.7. The van der Waals surface area contributed by atoms with Gasteiger partial charge in [-0.15, -0.1) is 0 Å². The molecule has 0 aliphatic rings. The van der Waals surface area contributed by atoms with Gasteiger partial charge in [0.1, 0.15) is 13.2 Å². The molecule has 0 aromatic rings. The van der Waals surface area contributed by atoms with Crippen molar-refractivity contribution in [3.8, 4) is 0 Å². The molecule has 0 spiro atoms. The lowest BCUT2D eigenvalue weighted by atomic mass is 10.0. The summed E-state index contributed by atoms with van der Waals surface area (Å²) in [5, 5.41) is 13.8. The van der Waals surface area contributed by atoms with E-state index in [1.54, 1.807) is 6.08 Å². The standard InChI is InChI=1S/C52H101N2O6P/c1-6-8-10-12-14-16-18-19-20-21-22-23-24-25-26-27-28-29-30-31-32-33-34-36-37-39-41-43-45-51(55)50(49-60-61(57,58)59-48-47-54(3,4)5)53-52(56)46-44-42-40-38-35-17-15-13-11-9-7-2/h31-32,36-37,43,45,50-51,55H,6-30,33-35,38-42,44,46-49H2,1-5H3,(H-,53,56,57,58)/p+1/b32-31+,37-36+,45-43+. The molecule has 3 unspecified atom stereocenters. The number of phosphoric acid groups is 1. The fourth-order valence-electron chi connectivity index (χ4n) is 7.49. The Kier molecular flexibility index (Phi) is 43.0. The van der Waals surface area contributed by atoms with Crippen molar-refractivity contribution >= 4 is 13.7 Å². The van der Waals surface area contributed by atoms with Crippen molar-refractivity contribution in [3.63, 3.8) is 0 Å². The molecule has 61 heavy (non-hydrogen) atoms. The number of nitrogens with zero attached hydrogens (tertiary/aromatic N) is 1. The number of rotatable bonds is 47. The van der Waals surface area contributed by atoms with Crippen LogP contribution in [0, 0.1) is 0 Å². The van der Waals surface area contributed by atoms with Gasteiger partial charge in [0.15, 0.2) is 0 Å². The summed E-state index contributed by atoms with van der Waals surface area (Å²) in [6.07, 6.45) is 55.4. The van der Waals surface area contributed by atoms with Gasteiger partial charge in [-0.05, 0) is 44.9 Å². The van der Waals surface area contributed by atoms with Crippen LogP contribution in [-0.4, -0.2) is 73.4 Å². The molecule has 0 bridgehead atoms. The highest BCUT2D eigenvalue weighted by Gasteiger charge is 2.27. The Morgan fingerprint density at radius 1 is 0.541 bits per heavy atom. The zero-order valence-corrected chi connectivity index (χ0v) is 41.8. The lowest BCUT2D eigenvalue weighted by Crippen LogP contribution is -2.45. The normalized spacial score (nSPS) is 14.4. The third-order valence-electron chi connectivity index (χ3n) is 11.6. The molecule has 8 nitrogen and oxygen atoms in total. The second-order valence-corrected chi connectivity index (χ2v) is 20.3. The van der Waals surface area contributed by atoms with E-state index >= 15 is 0 Å². The van der Waals surface area contributed by atoms with Crippen molar-refractivity contribution in [2.45, 2.75) is 251 Å². The molecule has 0 saturated heterocycles. The minimum absolute atomic E-state index is 0.0546. The molecular formula is C52H102N2O6P+. The van der Waals surface area contributed by atoms with E-state index in [0.717, 1.165) is 44.9 Å². The summed E-state index contributed by atoms with van der Waals surface area (Å²) < 4.78 is 23.6. The fourth-order valence-corrected chi connectivity index (χ4v) is 8.22. The zero-order valence-electron chi connectivity index (χ0n) is 40.9. The fraction of sp³-hybridized carbons (Fsp3) is 0.865. The van der Waals surface area contributed by atoms with E-state index in [-0.39, 0.29) is 19.1 Å². The maximum absolute atomic E-state index is 12.8. The van der Waals surface area contributed by atoms with Crippen LogP contribution >= 0.6 is 7.82 Å². The Labute approximate surface area is 378 Å². The van der Waals surface area contributed by atoms with Crippen LogP contribution in [-0.2, 0) is 18.4 Å². The molecule has 0 aromatic heterocycles. The van der Waals surface area contributed by atoms with Crippen LogP contribution in [0.15, 0.2) is 36.5 Å². The first-order valence-electron chi connectivity index (χ1n) is 25.9. The summed E-state index contributed by atoms with van der Waals surface area (Å²) in [7, 11) is 1.55. The number of carbonyl (C=O) groups is 1. The molecule has 0 aromatic carbocycles. The maximum atomic E-state index is 12.8. The quantitative estimate of drug-likeness (QED) is 0.0243. The first-order chi connectivity index (χ1) is 29.5. The highest BCUT2D eigenvalue weighted by Crippen LogP contribution is 2.43. The van der Waals surface area contributed by atoms with Gasteiger partial charge in [-0.3, -0.25) is 13.8 Å². The van der Waals surface area contributed by atoms with Crippen molar-refractivity contribution in [3.05, 3.63) is 36.5 Å². The lowest BCUT2D eigenvalue weighted by Gasteiger charge is -2.25. The number of hydrogen-bond acceptors (Lipinski definition) is 5. The average Bonchev–Trinajstić information content (AvgIpc) is 3.21. The number of unbranched alkanes of at least 4 members (excludes halogenated alkanes) is 30. The number of carbonyl (C=O) groups excluding carboxylic acids is 1. The molecule has 0 aliphatic carbocycles. The molecule has 3 N–H and O–H groups in total. The van der Waals surface area contributed by atoms with E-state index in [1.165, 1.54) is 173 Å². The number of phosphoric ester groups is 1. The Balaban J connectivity index is 4.23. The number of aliphatic hydroxyl groups is 1. The summed E-state index contributed by atoms with van der Waals surface area (Å²) in [4.78, 5) is 23.1. The largest absolute Gasteiger partial charge is 0.472 e. The number of likely N-dealkylation sites (N-methyl/N-ethyl adjacent to an activating group) is 1. The molecule has 360 valence electrons. The van der Waals surface area contributed by atoms with Gasteiger partial charge in [0.05, 0.1) is 39.9 Å². The van der Waals surface area contributed by atoms with Crippen molar-refractivity contribution in [2.24, 2.45) is 0 Å². The topological polar surface area (TPSA) is 105 Å². The summed E-state index contributed by atoms with van der Waals surface area (Å²) in [6.45, 7) is 4.79. The minimum Gasteiger partial charge on any atom is -0.387 e. The Morgan fingerprint density at radius 2 is 0.902 bits per heavy atom. The average molecular weight is 882 g/mol. The molecule has 0 saturated carbocycles.